The van der Waals surface area contributed by atoms with Crippen molar-refractivity contribution in [2.45, 2.75) is 12.5 Å². The third-order valence-corrected chi connectivity index (χ3v) is 1.28. The second-order valence-corrected chi connectivity index (χ2v) is 2.03. The fourth-order valence-corrected chi connectivity index (χ4v) is 0.755. The second kappa shape index (κ2) is 5.04. The van der Waals surface area contributed by atoms with Crippen LogP contribution in [0.1, 0.15) is 6.42 Å². The Hall–Kier alpha value is -0.697. The van der Waals surface area contributed by atoms with Crippen molar-refractivity contribution >= 4 is 11.9 Å². The molecule has 0 amide bonds. The van der Waals surface area contributed by atoms with Crippen LogP contribution in [-0.4, -0.2) is 24.6 Å². The number of carbonyl (C=O) groups excluding carboxylic acids is 2. The van der Waals surface area contributed by atoms with Crippen LogP contribution in [0.3, 0.4) is 0 Å². The minimum atomic E-state index is -0.753. The Morgan fingerprint density at radius 1 is 1.75 bits per heavy atom. The average molecular weight is 258 g/mol. The van der Waals surface area contributed by atoms with Crippen molar-refractivity contribution in [1.82, 2.24) is 0 Å². The van der Waals surface area contributed by atoms with Gasteiger partial charge in [-0.2, -0.15) is 0 Å². The number of ether oxygens (including phenoxy) is 2. The maximum atomic E-state index is 10.7. The molecule has 0 spiro atoms. The average Bonchev–Trinajstić information content (AvgIpc) is 2.37. The van der Waals surface area contributed by atoms with Gasteiger partial charge in [-0.15, -0.1) is 0 Å². The second-order valence-electron chi connectivity index (χ2n) is 2.03. The van der Waals surface area contributed by atoms with E-state index in [0.29, 0.717) is 13.0 Å². The molecule has 5 heteroatoms. The minimum Gasteiger partial charge on any atom is -0.475 e. The van der Waals surface area contributed by atoms with E-state index < -0.39 is 18.0 Å². The first-order valence-corrected chi connectivity index (χ1v) is 3.14. The van der Waals surface area contributed by atoms with Crippen LogP contribution in [-0.2, 0) is 38.5 Å². The summed E-state index contributed by atoms with van der Waals surface area (Å²) in [6.45, 7) is 3.39. The Bertz CT molecular complexity index is 202. The number of esters is 2. The van der Waals surface area contributed by atoms with E-state index in [1.165, 1.54) is 0 Å². The van der Waals surface area contributed by atoms with Crippen LogP contribution in [0.4, 0.5) is 0 Å². The Morgan fingerprint density at radius 2 is 2.42 bits per heavy atom. The molecule has 0 bridgehead atoms. The molecule has 69 valence electrons. The molecule has 1 radical (unpaired) electrons. The Morgan fingerprint density at radius 3 is 2.83 bits per heavy atom. The summed E-state index contributed by atoms with van der Waals surface area (Å²) < 4.78 is 9.13. The molecule has 0 aromatic heterocycles. The predicted molar refractivity (Wildman–Crippen MR) is 34.3 cm³/mol. The normalized spacial score (nSPS) is 20.7. The summed E-state index contributed by atoms with van der Waals surface area (Å²) in [5.41, 5.74) is 0. The van der Waals surface area contributed by atoms with Gasteiger partial charge < -0.3 is 15.5 Å². The first-order valence-electron chi connectivity index (χ1n) is 3.14. The summed E-state index contributed by atoms with van der Waals surface area (Å²) in [5, 5.41) is 0. The van der Waals surface area contributed by atoms with Crippen molar-refractivity contribution in [3.8, 4) is 0 Å². The van der Waals surface area contributed by atoms with Gasteiger partial charge in [-0.25, -0.2) is 4.79 Å². The molecule has 1 heterocycles. The van der Waals surface area contributed by atoms with E-state index in [9.17, 15) is 9.59 Å². The first kappa shape index (κ1) is 11.3. The van der Waals surface area contributed by atoms with Gasteiger partial charge in [-0.1, -0.05) is 0 Å². The van der Waals surface area contributed by atoms with Crippen LogP contribution in [0.15, 0.2) is 6.58 Å². The molecule has 1 atom stereocenters. The molecule has 12 heavy (non-hydrogen) atoms. The van der Waals surface area contributed by atoms with Crippen LogP contribution in [0, 0.1) is 6.08 Å². The Balaban J connectivity index is 0.00000121. The summed E-state index contributed by atoms with van der Waals surface area (Å²) in [5.74, 6) is -1.21. The van der Waals surface area contributed by atoms with Gasteiger partial charge in [0.15, 0.2) is 6.10 Å². The van der Waals surface area contributed by atoms with Crippen molar-refractivity contribution < 1.29 is 38.5 Å². The maximum Gasteiger partial charge on any atom is 0.347 e. The Kier molecular flexibility index (Phi) is 4.75. The molecule has 0 saturated carbocycles. The molecule has 1 rings (SSSR count). The zero-order valence-corrected chi connectivity index (χ0v) is 7.80. The quantitative estimate of drug-likeness (QED) is 0.299. The van der Waals surface area contributed by atoms with Gasteiger partial charge in [0.1, 0.15) is 5.97 Å². The van der Waals surface area contributed by atoms with Gasteiger partial charge in [0.25, 0.3) is 0 Å². The standard InChI is InChI=1S/C7H7O4.Rh/c1-2-6(8)11-5-3-4-10-7(5)9;/h5H,1,3-4H2;/q-1;. The maximum absolute atomic E-state index is 10.7. The van der Waals surface area contributed by atoms with Gasteiger partial charge in [0, 0.05) is 25.9 Å². The molecule has 1 saturated heterocycles. The van der Waals surface area contributed by atoms with Gasteiger partial charge >= 0.3 is 5.97 Å². The first-order chi connectivity index (χ1) is 5.24. The van der Waals surface area contributed by atoms with Gasteiger partial charge in [0.2, 0.25) is 0 Å². The van der Waals surface area contributed by atoms with Crippen LogP contribution in [0.25, 0.3) is 0 Å². The summed E-state index contributed by atoms with van der Waals surface area (Å²) in [6.07, 6.45) is 1.66. The molecule has 1 aliphatic heterocycles. The third-order valence-electron chi connectivity index (χ3n) is 1.28. The number of hydrogen-bond donors (Lipinski definition) is 0. The van der Waals surface area contributed by atoms with Crippen molar-refractivity contribution in [2.24, 2.45) is 0 Å². The van der Waals surface area contributed by atoms with Gasteiger partial charge in [0.05, 0.1) is 6.61 Å². The van der Waals surface area contributed by atoms with Crippen molar-refractivity contribution in [3.63, 3.8) is 0 Å². The zero-order chi connectivity index (χ0) is 8.27. The molecule has 0 aromatic rings. The summed E-state index contributed by atoms with van der Waals surface area (Å²) in [7, 11) is 0. The number of rotatable bonds is 2. The van der Waals surface area contributed by atoms with E-state index in [1.54, 1.807) is 0 Å². The van der Waals surface area contributed by atoms with E-state index in [2.05, 4.69) is 16.1 Å². The van der Waals surface area contributed by atoms with Crippen LogP contribution in [0.5, 0.6) is 0 Å². The van der Waals surface area contributed by atoms with E-state index in [4.69, 9.17) is 0 Å². The van der Waals surface area contributed by atoms with E-state index in [1.807, 2.05) is 6.08 Å². The molecule has 4 nitrogen and oxygen atoms in total. The molecule has 1 aliphatic rings. The van der Waals surface area contributed by atoms with Crippen LogP contribution >= 0.6 is 0 Å². The fourth-order valence-electron chi connectivity index (χ4n) is 0.755. The number of cyclic esters (lactones) is 1. The van der Waals surface area contributed by atoms with Crippen LogP contribution in [0.2, 0.25) is 0 Å². The fraction of sp³-hybridized carbons (Fsp3) is 0.429. The number of hydrogen-bond acceptors (Lipinski definition) is 4. The van der Waals surface area contributed by atoms with Gasteiger partial charge in [-0.3, -0.25) is 11.4 Å². The van der Waals surface area contributed by atoms with E-state index >= 15 is 0 Å². The SMILES string of the molecule is C=[C-]C(=O)OC1CCOC1=O.[Rh]. The molecule has 1 unspecified atom stereocenters. The topological polar surface area (TPSA) is 52.6 Å². The van der Waals surface area contributed by atoms with Crippen molar-refractivity contribution in [1.29, 1.82) is 0 Å². The summed E-state index contributed by atoms with van der Waals surface area (Å²) >= 11 is 0. The molecular formula is C7H7O4Rh-. The largest absolute Gasteiger partial charge is 0.475 e. The van der Waals surface area contributed by atoms with Gasteiger partial charge in [-0.05, 0) is 0 Å². The summed E-state index contributed by atoms with van der Waals surface area (Å²) in [4.78, 5) is 21.2. The van der Waals surface area contributed by atoms with Crippen molar-refractivity contribution in [2.75, 3.05) is 6.61 Å². The predicted octanol–water partition coefficient (Wildman–Crippen LogP) is -0.168. The van der Waals surface area contributed by atoms with E-state index in [-0.39, 0.29) is 19.5 Å². The molecule has 0 aromatic carbocycles. The number of carbonyl (C=O) groups is 2. The Labute approximate surface area is 82.7 Å². The monoisotopic (exact) mass is 258 g/mol. The van der Waals surface area contributed by atoms with E-state index in [0.717, 1.165) is 0 Å². The van der Waals surface area contributed by atoms with Crippen molar-refractivity contribution in [3.05, 3.63) is 12.7 Å². The molecule has 1 fully saturated rings. The molecule has 0 N–H and O–H groups in total. The molecular weight excluding hydrogens is 251 g/mol. The van der Waals surface area contributed by atoms with Crippen LogP contribution < -0.4 is 0 Å². The third kappa shape index (κ3) is 2.74. The molecule has 0 aliphatic carbocycles. The summed E-state index contributed by atoms with van der Waals surface area (Å²) in [6, 6.07) is 0. The minimum absolute atomic E-state index is 0. The zero-order valence-electron chi connectivity index (χ0n) is 6.16. The smallest absolute Gasteiger partial charge is 0.347 e.